The van der Waals surface area contributed by atoms with E-state index >= 15 is 0 Å². The summed E-state index contributed by atoms with van der Waals surface area (Å²) >= 11 is 0. The van der Waals surface area contributed by atoms with Gasteiger partial charge in [-0.05, 0) is 49.5 Å². The van der Waals surface area contributed by atoms with Crippen LogP contribution in [0.15, 0.2) is 18.2 Å². The zero-order valence-electron chi connectivity index (χ0n) is 14.2. The Balaban J connectivity index is 2.42. The second-order valence-corrected chi connectivity index (χ2v) is 11.6. The maximum atomic E-state index is 6.12. The summed E-state index contributed by atoms with van der Waals surface area (Å²) in [6, 6.07) is 7.40. The maximum Gasteiger partial charge on any atom is 0.187 e. The van der Waals surface area contributed by atoms with Crippen LogP contribution in [0.2, 0.25) is 19.1 Å². The zero-order valence-corrected chi connectivity index (χ0v) is 15.2. The number of rotatable bonds is 6. The van der Waals surface area contributed by atoms with Gasteiger partial charge in [-0.1, -0.05) is 39.0 Å². The van der Waals surface area contributed by atoms with Crippen molar-refractivity contribution < 1.29 is 9.16 Å². The van der Waals surface area contributed by atoms with Crippen LogP contribution in [0.25, 0.3) is 0 Å². The Labute approximate surface area is 125 Å². The Kier molecular flexibility index (Phi) is 5.84. The smallest absolute Gasteiger partial charge is 0.187 e. The third-order valence-electron chi connectivity index (χ3n) is 3.19. The third kappa shape index (κ3) is 6.10. The zero-order chi connectivity index (χ0) is 15.4. The molecule has 0 saturated carbocycles. The molecule has 0 fully saturated rings. The first-order valence-electron chi connectivity index (χ1n) is 7.44. The van der Waals surface area contributed by atoms with Gasteiger partial charge in [-0.3, -0.25) is 0 Å². The highest BCUT2D eigenvalue weighted by Crippen LogP contribution is 2.28. The van der Waals surface area contributed by atoms with Crippen LogP contribution >= 0.6 is 0 Å². The van der Waals surface area contributed by atoms with E-state index in [0.29, 0.717) is 18.6 Å². The van der Waals surface area contributed by atoms with E-state index in [4.69, 9.17) is 9.16 Å². The number of para-hydroxylation sites is 1. The van der Waals surface area contributed by atoms with Crippen LogP contribution in [0.5, 0.6) is 5.75 Å². The topological polar surface area (TPSA) is 18.5 Å². The Morgan fingerprint density at radius 1 is 1.00 bits per heavy atom. The quantitative estimate of drug-likeness (QED) is 0.546. The summed E-state index contributed by atoms with van der Waals surface area (Å²) in [5.74, 6) is 1.01. The van der Waals surface area contributed by atoms with Crippen LogP contribution < -0.4 is 4.74 Å². The summed E-state index contributed by atoms with van der Waals surface area (Å²) in [5, 5.41) is 0. The summed E-state index contributed by atoms with van der Waals surface area (Å²) in [5.41, 5.74) is 2.72. The molecule has 0 unspecified atom stereocenters. The predicted molar refractivity (Wildman–Crippen MR) is 89.1 cm³/mol. The summed E-state index contributed by atoms with van der Waals surface area (Å²) in [6.07, 6.45) is 0. The van der Waals surface area contributed by atoms with Crippen LogP contribution in [0.1, 0.15) is 31.9 Å². The molecule has 1 aromatic rings. The predicted octanol–water partition coefficient (Wildman–Crippen LogP) is 4.95. The molecule has 0 aliphatic rings. The molecule has 20 heavy (non-hydrogen) atoms. The standard InChI is InChI=1S/C17H30O2Si/c1-14-9-8-10-15(2)16(14)18-11-12-19-20(6,7)13-17(3,4)5/h8-10H,11-13H2,1-7H3. The number of ether oxygens (including phenoxy) is 1. The second-order valence-electron chi connectivity index (χ2n) is 7.41. The monoisotopic (exact) mass is 294 g/mol. The highest BCUT2D eigenvalue weighted by molar-refractivity contribution is 6.71. The highest BCUT2D eigenvalue weighted by Gasteiger charge is 2.28. The van der Waals surface area contributed by atoms with Gasteiger partial charge >= 0.3 is 0 Å². The van der Waals surface area contributed by atoms with Gasteiger partial charge in [0.2, 0.25) is 0 Å². The number of aryl methyl sites for hydroxylation is 2. The van der Waals surface area contributed by atoms with E-state index in [2.05, 4.69) is 65.9 Å². The van der Waals surface area contributed by atoms with Gasteiger partial charge in [0.25, 0.3) is 0 Å². The summed E-state index contributed by atoms with van der Waals surface area (Å²) in [4.78, 5) is 0. The van der Waals surface area contributed by atoms with E-state index in [9.17, 15) is 0 Å². The van der Waals surface area contributed by atoms with E-state index in [1.165, 1.54) is 17.2 Å². The normalized spacial score (nSPS) is 12.6. The molecular weight excluding hydrogens is 264 g/mol. The van der Waals surface area contributed by atoms with Gasteiger partial charge in [0, 0.05) is 0 Å². The van der Waals surface area contributed by atoms with Gasteiger partial charge in [0.05, 0.1) is 6.61 Å². The number of hydrogen-bond donors (Lipinski definition) is 0. The van der Waals surface area contributed by atoms with Crippen molar-refractivity contribution in [2.75, 3.05) is 13.2 Å². The Morgan fingerprint density at radius 3 is 2.05 bits per heavy atom. The molecule has 0 N–H and O–H groups in total. The van der Waals surface area contributed by atoms with Crippen molar-refractivity contribution in [3.05, 3.63) is 29.3 Å². The molecule has 0 bridgehead atoms. The Hall–Kier alpha value is -0.803. The fourth-order valence-electron chi connectivity index (χ4n) is 2.82. The molecule has 0 spiro atoms. The largest absolute Gasteiger partial charge is 0.491 e. The van der Waals surface area contributed by atoms with E-state index in [1.807, 2.05) is 0 Å². The Morgan fingerprint density at radius 2 is 1.55 bits per heavy atom. The van der Waals surface area contributed by atoms with Gasteiger partial charge in [-0.2, -0.15) is 0 Å². The fraction of sp³-hybridized carbons (Fsp3) is 0.647. The molecule has 0 saturated heterocycles. The lowest BCUT2D eigenvalue weighted by Gasteiger charge is -2.30. The van der Waals surface area contributed by atoms with Gasteiger partial charge < -0.3 is 9.16 Å². The molecule has 2 nitrogen and oxygen atoms in total. The SMILES string of the molecule is Cc1cccc(C)c1OCCO[Si](C)(C)CC(C)(C)C. The molecule has 0 aliphatic heterocycles. The third-order valence-corrected chi connectivity index (χ3v) is 6.09. The molecule has 1 aromatic carbocycles. The van der Waals surface area contributed by atoms with Crippen molar-refractivity contribution in [3.8, 4) is 5.75 Å². The van der Waals surface area contributed by atoms with Crippen LogP contribution in [-0.4, -0.2) is 21.5 Å². The molecule has 0 heterocycles. The number of hydrogen-bond acceptors (Lipinski definition) is 2. The minimum atomic E-state index is -1.58. The summed E-state index contributed by atoms with van der Waals surface area (Å²) in [7, 11) is -1.58. The first kappa shape index (κ1) is 17.2. The molecular formula is C17H30O2Si. The van der Waals surface area contributed by atoms with Crippen LogP contribution in [0, 0.1) is 19.3 Å². The van der Waals surface area contributed by atoms with Crippen molar-refractivity contribution in [2.24, 2.45) is 5.41 Å². The molecule has 0 aromatic heterocycles. The first-order chi connectivity index (χ1) is 9.11. The van der Waals surface area contributed by atoms with Crippen molar-refractivity contribution >= 4 is 8.32 Å². The minimum Gasteiger partial charge on any atom is -0.491 e. The van der Waals surface area contributed by atoms with E-state index in [0.717, 1.165) is 5.75 Å². The average molecular weight is 295 g/mol. The van der Waals surface area contributed by atoms with Crippen molar-refractivity contribution in [2.45, 2.75) is 53.8 Å². The van der Waals surface area contributed by atoms with Gasteiger partial charge in [-0.15, -0.1) is 0 Å². The summed E-state index contributed by atoms with van der Waals surface area (Å²) < 4.78 is 12.0. The molecule has 0 aliphatic carbocycles. The van der Waals surface area contributed by atoms with Crippen LogP contribution in [-0.2, 0) is 4.43 Å². The fourth-order valence-corrected chi connectivity index (χ4v) is 6.11. The second kappa shape index (κ2) is 6.77. The van der Waals surface area contributed by atoms with E-state index < -0.39 is 8.32 Å². The van der Waals surface area contributed by atoms with E-state index in [-0.39, 0.29) is 0 Å². The molecule has 1 rings (SSSR count). The van der Waals surface area contributed by atoms with Crippen molar-refractivity contribution in [1.29, 1.82) is 0 Å². The van der Waals surface area contributed by atoms with Gasteiger partial charge in [-0.25, -0.2) is 0 Å². The van der Waals surface area contributed by atoms with Crippen LogP contribution in [0.4, 0.5) is 0 Å². The molecule has 3 heteroatoms. The van der Waals surface area contributed by atoms with Crippen LogP contribution in [0.3, 0.4) is 0 Å². The lowest BCUT2D eigenvalue weighted by atomic mass is 10.0. The average Bonchev–Trinajstić information content (AvgIpc) is 2.24. The summed E-state index contributed by atoms with van der Waals surface area (Å²) in [6.45, 7) is 16.9. The van der Waals surface area contributed by atoms with Crippen molar-refractivity contribution in [1.82, 2.24) is 0 Å². The van der Waals surface area contributed by atoms with E-state index in [1.54, 1.807) is 0 Å². The minimum absolute atomic E-state index is 0.336. The first-order valence-corrected chi connectivity index (χ1v) is 10.6. The molecule has 0 amide bonds. The van der Waals surface area contributed by atoms with Gasteiger partial charge in [0.15, 0.2) is 8.32 Å². The molecule has 114 valence electrons. The molecule has 0 atom stereocenters. The van der Waals surface area contributed by atoms with Crippen molar-refractivity contribution in [3.63, 3.8) is 0 Å². The highest BCUT2D eigenvalue weighted by atomic mass is 28.4. The lowest BCUT2D eigenvalue weighted by molar-refractivity contribution is 0.205. The number of benzene rings is 1. The molecule has 0 radical (unpaired) electrons. The maximum absolute atomic E-state index is 6.12. The van der Waals surface area contributed by atoms with Gasteiger partial charge in [0.1, 0.15) is 12.4 Å². The Bertz CT molecular complexity index is 413. The lowest BCUT2D eigenvalue weighted by Crippen LogP contribution is -2.36.